The largest absolute Gasteiger partial charge is 4.00 e. The summed E-state index contributed by atoms with van der Waals surface area (Å²) in [6, 6.07) is 17.4. The molecule has 0 radical (unpaired) electrons. The monoisotopic (exact) mass is 579 g/mol. The third-order valence-corrected chi connectivity index (χ3v) is 5.21. The Kier molecular flexibility index (Phi) is 10.8. The smallest absolute Gasteiger partial charge is 1.00 e. The fraction of sp³-hybridized carbons (Fsp3) is 0.250. The molecule has 4 heteroatoms. The van der Waals surface area contributed by atoms with Crippen LogP contribution < -0.4 is 24.8 Å². The maximum Gasteiger partial charge on any atom is 4.00 e. The van der Waals surface area contributed by atoms with Crippen LogP contribution >= 0.6 is 0 Å². The average Bonchev–Trinajstić information content (AvgIpc) is 3.21. The Balaban J connectivity index is 0.000000533. The van der Waals surface area contributed by atoms with Gasteiger partial charge in [-0.25, -0.2) is 0 Å². The van der Waals surface area contributed by atoms with Gasteiger partial charge in [0.15, 0.2) is 0 Å². The van der Waals surface area contributed by atoms with Crippen molar-refractivity contribution >= 4 is 10.8 Å². The SMILES string of the molecule is Cc1c[c-](C)c(C)c1C.Cc1cc(C)n(-c2cc3ccccc3[cH-]2)c1.[Cl-].[Cl-].[Hf+4]. The van der Waals surface area contributed by atoms with Crippen LogP contribution in [0, 0.1) is 41.5 Å². The van der Waals surface area contributed by atoms with Crippen molar-refractivity contribution in [3.05, 3.63) is 88.2 Å². The van der Waals surface area contributed by atoms with Gasteiger partial charge >= 0.3 is 25.8 Å². The molecule has 0 bridgehead atoms. The van der Waals surface area contributed by atoms with Crippen LogP contribution in [0.5, 0.6) is 0 Å². The summed E-state index contributed by atoms with van der Waals surface area (Å²) in [5.74, 6) is 0. The number of aromatic nitrogens is 1. The number of rotatable bonds is 1. The van der Waals surface area contributed by atoms with Crippen LogP contribution in [0.15, 0.2) is 54.7 Å². The van der Waals surface area contributed by atoms with Crippen molar-refractivity contribution in [1.82, 2.24) is 4.57 Å². The van der Waals surface area contributed by atoms with Crippen LogP contribution in [0.4, 0.5) is 0 Å². The van der Waals surface area contributed by atoms with E-state index >= 15 is 0 Å². The molecule has 3 aromatic carbocycles. The Hall–Kier alpha value is -1.09. The zero-order valence-electron chi connectivity index (χ0n) is 17.4. The molecule has 0 aliphatic heterocycles. The van der Waals surface area contributed by atoms with Crippen molar-refractivity contribution in [2.75, 3.05) is 0 Å². The molecule has 1 heterocycles. The fourth-order valence-corrected chi connectivity index (χ4v) is 3.43. The first kappa shape index (κ1) is 26.9. The number of fused-ring (bicyclic) bond motifs is 1. The maximum atomic E-state index is 2.25. The van der Waals surface area contributed by atoms with Crippen LogP contribution in [0.1, 0.15) is 33.5 Å². The van der Waals surface area contributed by atoms with E-state index in [9.17, 15) is 0 Å². The zero-order valence-corrected chi connectivity index (χ0v) is 22.5. The Morgan fingerprint density at radius 3 is 2.00 bits per heavy atom. The summed E-state index contributed by atoms with van der Waals surface area (Å²) in [4.78, 5) is 0. The Morgan fingerprint density at radius 1 is 0.929 bits per heavy atom. The van der Waals surface area contributed by atoms with Gasteiger partial charge in [-0.2, -0.15) is 28.3 Å². The molecule has 0 spiro atoms. The van der Waals surface area contributed by atoms with Crippen molar-refractivity contribution in [1.29, 1.82) is 0 Å². The second kappa shape index (κ2) is 11.2. The molecule has 0 aliphatic rings. The van der Waals surface area contributed by atoms with E-state index in [1.165, 1.54) is 50.0 Å². The molecule has 0 fully saturated rings. The Labute approximate surface area is 200 Å². The summed E-state index contributed by atoms with van der Waals surface area (Å²) in [6.07, 6.45) is 2.18. The molecule has 146 valence electrons. The zero-order chi connectivity index (χ0) is 18.1. The van der Waals surface area contributed by atoms with Crippen LogP contribution in [0.3, 0.4) is 0 Å². The van der Waals surface area contributed by atoms with Gasteiger partial charge < -0.3 is 29.4 Å². The number of hydrogen-bond acceptors (Lipinski definition) is 0. The summed E-state index contributed by atoms with van der Waals surface area (Å²) < 4.78 is 2.25. The Bertz CT molecular complexity index is 965. The number of aryl methyl sites for hydroxylation is 4. The van der Waals surface area contributed by atoms with E-state index < -0.39 is 0 Å². The van der Waals surface area contributed by atoms with Gasteiger partial charge in [-0.3, -0.25) is 0 Å². The van der Waals surface area contributed by atoms with Crippen molar-refractivity contribution in [3.8, 4) is 5.69 Å². The molecule has 0 aliphatic carbocycles. The predicted molar refractivity (Wildman–Crippen MR) is 109 cm³/mol. The van der Waals surface area contributed by atoms with E-state index in [0.29, 0.717) is 0 Å². The molecule has 28 heavy (non-hydrogen) atoms. The first-order valence-electron chi connectivity index (χ1n) is 8.88. The first-order chi connectivity index (χ1) is 11.9. The van der Waals surface area contributed by atoms with Crippen molar-refractivity contribution < 1.29 is 50.7 Å². The van der Waals surface area contributed by atoms with E-state index in [2.05, 4.69) is 101 Å². The Morgan fingerprint density at radius 2 is 1.57 bits per heavy atom. The van der Waals surface area contributed by atoms with E-state index in [1.807, 2.05) is 0 Å². The van der Waals surface area contributed by atoms with Gasteiger partial charge in [0.25, 0.3) is 0 Å². The molecule has 0 saturated carbocycles. The van der Waals surface area contributed by atoms with Gasteiger partial charge in [0, 0.05) is 11.9 Å². The van der Waals surface area contributed by atoms with Crippen LogP contribution in [0.25, 0.3) is 16.5 Å². The van der Waals surface area contributed by atoms with E-state index in [1.54, 1.807) is 0 Å². The summed E-state index contributed by atoms with van der Waals surface area (Å²) in [7, 11) is 0. The first-order valence-corrected chi connectivity index (χ1v) is 8.88. The minimum Gasteiger partial charge on any atom is -1.00 e. The summed E-state index contributed by atoms with van der Waals surface area (Å²) in [5.41, 5.74) is 9.59. The molecule has 4 rings (SSSR count). The molecule has 0 atom stereocenters. The van der Waals surface area contributed by atoms with Crippen LogP contribution in [-0.2, 0) is 25.8 Å². The third-order valence-electron chi connectivity index (χ3n) is 5.21. The minimum absolute atomic E-state index is 0. The van der Waals surface area contributed by atoms with Gasteiger partial charge in [0.1, 0.15) is 0 Å². The van der Waals surface area contributed by atoms with E-state index in [0.717, 1.165) is 0 Å². The maximum absolute atomic E-state index is 2.25. The number of hydrogen-bond donors (Lipinski definition) is 0. The van der Waals surface area contributed by atoms with E-state index in [4.69, 9.17) is 0 Å². The van der Waals surface area contributed by atoms with Gasteiger partial charge in [-0.1, -0.05) is 33.8 Å². The van der Waals surface area contributed by atoms with Crippen LogP contribution in [0.2, 0.25) is 0 Å². The molecule has 0 amide bonds. The third kappa shape index (κ3) is 5.72. The van der Waals surface area contributed by atoms with Crippen molar-refractivity contribution in [2.45, 2.75) is 41.5 Å². The fourth-order valence-electron chi connectivity index (χ4n) is 3.43. The molecule has 1 nitrogen and oxygen atoms in total. The normalized spacial score (nSPS) is 9.64. The molecule has 4 aromatic rings. The molecular formula is C24H27Cl2HfN. The number of halogens is 2. The second-order valence-corrected chi connectivity index (χ2v) is 7.13. The molecule has 0 unspecified atom stereocenters. The van der Waals surface area contributed by atoms with Gasteiger partial charge in [-0.05, 0) is 31.2 Å². The summed E-state index contributed by atoms with van der Waals surface area (Å²) in [5, 5.41) is 2.62. The molecule has 1 aromatic heterocycles. The van der Waals surface area contributed by atoms with Gasteiger partial charge in [-0.15, -0.1) is 41.1 Å². The summed E-state index contributed by atoms with van der Waals surface area (Å²) >= 11 is 0. The standard InChI is InChI=1S/C15H14N.C9H13.2ClH.Hf/c1-11-7-12(2)16(10-11)15-8-13-5-3-4-6-14(13)9-15;1-6-5-7(2)9(4)8(6)3;;;/h3-10H,1-2H3;5H,1-4H3;2*1H;/q2*-1;;;+4/p-2. The van der Waals surface area contributed by atoms with Crippen molar-refractivity contribution in [2.24, 2.45) is 0 Å². The minimum atomic E-state index is 0. The number of nitrogens with zero attached hydrogens (tertiary/aromatic N) is 1. The topological polar surface area (TPSA) is 4.93 Å². The number of benzene rings is 1. The quantitative estimate of drug-likeness (QED) is 0.231. The molecule has 0 saturated heterocycles. The van der Waals surface area contributed by atoms with Crippen molar-refractivity contribution in [3.63, 3.8) is 0 Å². The van der Waals surface area contributed by atoms with Gasteiger partial charge in [0.05, 0.1) is 0 Å². The van der Waals surface area contributed by atoms with Gasteiger partial charge in [0.2, 0.25) is 0 Å². The average molecular weight is 579 g/mol. The summed E-state index contributed by atoms with van der Waals surface area (Å²) in [6.45, 7) is 13.0. The second-order valence-electron chi connectivity index (χ2n) is 7.13. The molecule has 0 N–H and O–H groups in total. The molecular weight excluding hydrogens is 552 g/mol. The predicted octanol–water partition coefficient (Wildman–Crippen LogP) is 0.611. The van der Waals surface area contributed by atoms with E-state index in [-0.39, 0.29) is 50.7 Å². The van der Waals surface area contributed by atoms with Crippen LogP contribution in [-0.4, -0.2) is 4.57 Å².